The number of carboxylic acids is 1. The zero-order valence-corrected chi connectivity index (χ0v) is 10.3. The highest BCUT2D eigenvalue weighted by molar-refractivity contribution is 7.13. The van der Waals surface area contributed by atoms with Crippen molar-refractivity contribution >= 4 is 23.2 Å². The van der Waals surface area contributed by atoms with Gasteiger partial charge < -0.3 is 15.2 Å². The number of amides is 1. The summed E-state index contributed by atoms with van der Waals surface area (Å²) in [6.07, 6.45) is -4.47. The molecule has 0 aliphatic carbocycles. The Balaban J connectivity index is 2.28. The van der Waals surface area contributed by atoms with Crippen LogP contribution in [-0.4, -0.2) is 36.4 Å². The molecule has 19 heavy (non-hydrogen) atoms. The Bertz CT molecular complexity index is 458. The highest BCUT2D eigenvalue weighted by Gasteiger charge is 2.27. The molecule has 0 unspecified atom stereocenters. The molecule has 5 nitrogen and oxygen atoms in total. The van der Waals surface area contributed by atoms with Crippen LogP contribution in [0.2, 0.25) is 0 Å². The normalized spacial score (nSPS) is 11.3. The summed E-state index contributed by atoms with van der Waals surface area (Å²) < 4.78 is 39.3. The summed E-state index contributed by atoms with van der Waals surface area (Å²) >= 11 is 0.976. The Morgan fingerprint density at radius 3 is 2.58 bits per heavy atom. The molecule has 9 heteroatoms. The van der Waals surface area contributed by atoms with Crippen LogP contribution in [0, 0.1) is 0 Å². The summed E-state index contributed by atoms with van der Waals surface area (Å²) in [7, 11) is 0. The minimum atomic E-state index is -4.47. The van der Waals surface area contributed by atoms with Crippen LogP contribution in [0.4, 0.5) is 13.2 Å². The van der Waals surface area contributed by atoms with E-state index in [4.69, 9.17) is 5.11 Å². The number of carbonyl (C=O) groups excluding carboxylic acids is 1. The molecule has 0 aliphatic heterocycles. The topological polar surface area (TPSA) is 75.6 Å². The maximum Gasteiger partial charge on any atom is 0.411 e. The Kier molecular flexibility index (Phi) is 5.31. The first kappa shape index (κ1) is 15.4. The van der Waals surface area contributed by atoms with E-state index in [0.29, 0.717) is 4.88 Å². The van der Waals surface area contributed by atoms with E-state index in [1.165, 1.54) is 12.1 Å². The van der Waals surface area contributed by atoms with Crippen molar-refractivity contribution < 1.29 is 32.6 Å². The zero-order chi connectivity index (χ0) is 14.5. The van der Waals surface area contributed by atoms with E-state index in [1.54, 1.807) is 0 Å². The monoisotopic (exact) mass is 297 g/mol. The van der Waals surface area contributed by atoms with Crippen molar-refractivity contribution in [3.63, 3.8) is 0 Å². The third kappa shape index (κ3) is 6.20. The second kappa shape index (κ2) is 6.53. The molecule has 2 N–H and O–H groups in total. The Morgan fingerprint density at radius 2 is 2.05 bits per heavy atom. The van der Waals surface area contributed by atoms with E-state index < -0.39 is 31.3 Å². The van der Waals surface area contributed by atoms with Crippen molar-refractivity contribution in [3.8, 4) is 0 Å². The molecule has 106 valence electrons. The predicted molar refractivity (Wildman–Crippen MR) is 60.0 cm³/mol. The van der Waals surface area contributed by atoms with E-state index in [9.17, 15) is 22.8 Å². The number of thiophene rings is 1. The lowest BCUT2D eigenvalue weighted by Crippen LogP contribution is -2.29. The number of carbonyl (C=O) groups is 2. The van der Waals surface area contributed by atoms with Crippen molar-refractivity contribution in [2.75, 3.05) is 13.2 Å². The van der Waals surface area contributed by atoms with Crippen LogP contribution in [0.3, 0.4) is 0 Å². The van der Waals surface area contributed by atoms with Gasteiger partial charge in [-0.1, -0.05) is 0 Å². The SMILES string of the molecule is O=C(COCC(F)(F)F)NCc1ccc(C(=O)O)s1. The lowest BCUT2D eigenvalue weighted by Gasteiger charge is -2.07. The van der Waals surface area contributed by atoms with E-state index >= 15 is 0 Å². The number of hydrogen-bond donors (Lipinski definition) is 2. The van der Waals surface area contributed by atoms with Crippen LogP contribution in [0.25, 0.3) is 0 Å². The van der Waals surface area contributed by atoms with Gasteiger partial charge in [-0.3, -0.25) is 4.79 Å². The van der Waals surface area contributed by atoms with Gasteiger partial charge in [-0.15, -0.1) is 11.3 Å². The van der Waals surface area contributed by atoms with Crippen LogP contribution >= 0.6 is 11.3 Å². The number of carboxylic acid groups (broad SMARTS) is 1. The third-order valence-corrected chi connectivity index (χ3v) is 2.90. The highest BCUT2D eigenvalue weighted by atomic mass is 32.1. The second-order valence-electron chi connectivity index (χ2n) is 3.46. The van der Waals surface area contributed by atoms with E-state index in [-0.39, 0.29) is 11.4 Å². The minimum Gasteiger partial charge on any atom is -0.477 e. The van der Waals surface area contributed by atoms with Gasteiger partial charge in [-0.2, -0.15) is 13.2 Å². The largest absolute Gasteiger partial charge is 0.477 e. The average Bonchev–Trinajstić information content (AvgIpc) is 2.73. The van der Waals surface area contributed by atoms with Crippen LogP contribution in [0.5, 0.6) is 0 Å². The molecule has 0 aromatic carbocycles. The molecule has 0 bridgehead atoms. The summed E-state index contributed by atoms with van der Waals surface area (Å²) in [6, 6.07) is 2.90. The first-order valence-corrected chi connectivity index (χ1v) is 5.83. The van der Waals surface area contributed by atoms with Crippen LogP contribution in [-0.2, 0) is 16.1 Å². The molecular formula is C10H10F3NO4S. The first-order chi connectivity index (χ1) is 8.78. The van der Waals surface area contributed by atoms with Crippen LogP contribution < -0.4 is 5.32 Å². The molecule has 0 aliphatic rings. The van der Waals surface area contributed by atoms with Gasteiger partial charge in [0.2, 0.25) is 5.91 Å². The fourth-order valence-electron chi connectivity index (χ4n) is 1.08. The average molecular weight is 297 g/mol. The van der Waals surface area contributed by atoms with Gasteiger partial charge >= 0.3 is 12.1 Å². The number of aromatic carboxylic acids is 1. The molecular weight excluding hydrogens is 287 g/mol. The van der Waals surface area contributed by atoms with E-state index in [0.717, 1.165) is 11.3 Å². The summed E-state index contributed by atoms with van der Waals surface area (Å²) in [5, 5.41) is 11.0. The van der Waals surface area contributed by atoms with E-state index in [2.05, 4.69) is 10.1 Å². The second-order valence-corrected chi connectivity index (χ2v) is 4.62. The molecule has 0 spiro atoms. The molecule has 1 amide bonds. The third-order valence-electron chi connectivity index (χ3n) is 1.83. The van der Waals surface area contributed by atoms with Crippen molar-refractivity contribution in [3.05, 3.63) is 21.9 Å². The molecule has 1 aromatic rings. The summed E-state index contributed by atoms with van der Waals surface area (Å²) in [6.45, 7) is -2.13. The van der Waals surface area contributed by atoms with Gasteiger partial charge in [-0.25, -0.2) is 4.79 Å². The fourth-order valence-corrected chi connectivity index (χ4v) is 1.87. The van der Waals surface area contributed by atoms with Crippen molar-refractivity contribution in [2.45, 2.75) is 12.7 Å². The fraction of sp³-hybridized carbons (Fsp3) is 0.400. The molecule has 1 heterocycles. The van der Waals surface area contributed by atoms with Gasteiger partial charge in [0.1, 0.15) is 18.1 Å². The molecule has 0 saturated heterocycles. The van der Waals surface area contributed by atoms with E-state index in [1.807, 2.05) is 0 Å². The van der Waals surface area contributed by atoms with Gasteiger partial charge in [0.05, 0.1) is 6.54 Å². The first-order valence-electron chi connectivity index (χ1n) is 5.01. The summed E-state index contributed by atoms with van der Waals surface area (Å²) in [5.74, 6) is -1.77. The smallest absolute Gasteiger partial charge is 0.411 e. The van der Waals surface area contributed by atoms with Crippen LogP contribution in [0.15, 0.2) is 12.1 Å². The van der Waals surface area contributed by atoms with Gasteiger partial charge in [0.25, 0.3) is 0 Å². The van der Waals surface area contributed by atoms with Crippen molar-refractivity contribution in [2.24, 2.45) is 0 Å². The predicted octanol–water partition coefficient (Wildman–Crippen LogP) is 1.64. The highest BCUT2D eigenvalue weighted by Crippen LogP contribution is 2.16. The zero-order valence-electron chi connectivity index (χ0n) is 9.49. The number of halogens is 3. The van der Waals surface area contributed by atoms with Gasteiger partial charge in [-0.05, 0) is 12.1 Å². The molecule has 0 saturated carbocycles. The number of hydrogen-bond acceptors (Lipinski definition) is 4. The summed E-state index contributed by atoms with van der Waals surface area (Å²) in [4.78, 5) is 22.4. The Labute approximate surface area is 110 Å². The minimum absolute atomic E-state index is 0.0478. The Hall–Kier alpha value is -1.61. The standard InChI is InChI=1S/C10H10F3NO4S/c11-10(12,13)5-18-4-8(15)14-3-6-1-2-7(19-6)9(16)17/h1-2H,3-5H2,(H,14,15)(H,16,17). The molecule has 1 rings (SSSR count). The summed E-state index contributed by atoms with van der Waals surface area (Å²) in [5.41, 5.74) is 0. The number of nitrogens with one attached hydrogen (secondary N) is 1. The van der Waals surface area contributed by atoms with Gasteiger partial charge in [0.15, 0.2) is 0 Å². The molecule has 0 atom stereocenters. The molecule has 0 radical (unpaired) electrons. The van der Waals surface area contributed by atoms with Crippen molar-refractivity contribution in [1.82, 2.24) is 5.32 Å². The maximum atomic E-state index is 11.7. The Morgan fingerprint density at radius 1 is 1.37 bits per heavy atom. The number of alkyl halides is 3. The lowest BCUT2D eigenvalue weighted by atomic mass is 10.4. The number of ether oxygens (including phenoxy) is 1. The maximum absolute atomic E-state index is 11.7. The lowest BCUT2D eigenvalue weighted by molar-refractivity contribution is -0.175. The van der Waals surface area contributed by atoms with Gasteiger partial charge in [0, 0.05) is 4.88 Å². The van der Waals surface area contributed by atoms with Crippen molar-refractivity contribution in [1.29, 1.82) is 0 Å². The number of rotatable bonds is 6. The molecule has 0 fully saturated rings. The quantitative estimate of drug-likeness (QED) is 0.837. The molecule has 1 aromatic heterocycles. The van der Waals surface area contributed by atoms with Crippen LogP contribution in [0.1, 0.15) is 14.5 Å².